The summed E-state index contributed by atoms with van der Waals surface area (Å²) in [6.07, 6.45) is 0. The fourth-order valence-corrected chi connectivity index (χ4v) is 6.62. The molecule has 0 atom stereocenters. The van der Waals surface area contributed by atoms with Crippen molar-refractivity contribution >= 4 is 65.4 Å². The summed E-state index contributed by atoms with van der Waals surface area (Å²) in [5, 5.41) is 1.21. The Labute approximate surface area is 324 Å². The summed E-state index contributed by atoms with van der Waals surface area (Å²) >= 11 is 0. The molecule has 0 radical (unpaired) electrons. The van der Waals surface area contributed by atoms with Crippen molar-refractivity contribution in [3.05, 3.63) is 163 Å². The van der Waals surface area contributed by atoms with Gasteiger partial charge in [0.1, 0.15) is 22.3 Å². The molecular weight excluding hydrogens is 639 g/mol. The lowest BCUT2D eigenvalue weighted by Crippen LogP contribution is -2.00. The van der Waals surface area contributed by atoms with E-state index in [4.69, 9.17) is 38.5 Å². The number of aromatic nitrogens is 3. The van der Waals surface area contributed by atoms with E-state index in [0.717, 1.165) is 0 Å². The minimum atomic E-state index is -0.713. The zero-order valence-electron chi connectivity index (χ0n) is 45.3. The monoisotopic (exact) mass is 684 g/mol. The van der Waals surface area contributed by atoms with Gasteiger partial charge in [-0.1, -0.05) is 127 Å². The molecule has 0 fully saturated rings. The second-order valence-corrected chi connectivity index (χ2v) is 11.7. The van der Waals surface area contributed by atoms with Gasteiger partial charge in [-0.2, -0.15) is 0 Å². The number of fused-ring (bicyclic) bond motifs is 9. The maximum atomic E-state index is 9.19. The van der Waals surface area contributed by atoms with Crippen LogP contribution in [0.3, 0.4) is 0 Å². The SMILES string of the molecule is [2H]c1c([2H])c([2H])c(-c2nc(-c3ccc4oc5cc(-c6c([2H])c([2H])c([2H])c7c([2H])c([2H])c([2H])c([2H])c67)c6ccccc6c5c4c3)nc(-c3c([2H])c([2H])c([2H])c4oc5c([2H])c([2H])c([2H])c([2H])c5c34)n2)c([2H])c1[2H]. The maximum Gasteiger partial charge on any atom is 0.164 e. The van der Waals surface area contributed by atoms with Crippen LogP contribution in [0.2, 0.25) is 0 Å². The van der Waals surface area contributed by atoms with Crippen LogP contribution in [0.5, 0.6) is 0 Å². The smallest absolute Gasteiger partial charge is 0.164 e. The van der Waals surface area contributed by atoms with E-state index in [2.05, 4.69) is 9.97 Å². The van der Waals surface area contributed by atoms with Gasteiger partial charge in [-0.3, -0.25) is 0 Å². The highest BCUT2D eigenvalue weighted by Gasteiger charge is 2.20. The Hall–Kier alpha value is -7.11. The summed E-state index contributed by atoms with van der Waals surface area (Å²) in [5.41, 5.74) is -0.503. The predicted molar refractivity (Wildman–Crippen MR) is 211 cm³/mol. The molecule has 5 heteroatoms. The number of nitrogens with zero attached hydrogens (tertiary/aromatic N) is 3. The minimum absolute atomic E-state index is 0.0109. The van der Waals surface area contributed by atoms with Crippen molar-refractivity contribution in [2.45, 2.75) is 0 Å². The Kier molecular flexibility index (Phi) is 3.41. The fraction of sp³-hybridized carbons (Fsp3) is 0. The molecule has 3 aromatic heterocycles. The third kappa shape index (κ3) is 4.39. The largest absolute Gasteiger partial charge is 0.456 e. The normalized spacial score (nSPS) is 17.0. The fourth-order valence-electron chi connectivity index (χ4n) is 6.62. The molecule has 0 amide bonds. The lowest BCUT2D eigenvalue weighted by atomic mass is 9.92. The Morgan fingerprint density at radius 2 is 1.06 bits per heavy atom. The van der Waals surface area contributed by atoms with Gasteiger partial charge in [0.2, 0.25) is 0 Å². The first-order chi connectivity index (χ1) is 33.7. The van der Waals surface area contributed by atoms with E-state index in [1.165, 1.54) is 0 Å². The Bertz CT molecular complexity index is 4270. The van der Waals surface area contributed by atoms with Gasteiger partial charge in [0, 0.05) is 38.2 Å². The van der Waals surface area contributed by atoms with Crippen LogP contribution < -0.4 is 0 Å². The van der Waals surface area contributed by atoms with Gasteiger partial charge in [0.25, 0.3) is 0 Å². The van der Waals surface area contributed by atoms with Crippen molar-refractivity contribution in [1.82, 2.24) is 15.0 Å². The molecule has 242 valence electrons. The van der Waals surface area contributed by atoms with E-state index in [0.29, 0.717) is 27.1 Å². The summed E-state index contributed by atoms with van der Waals surface area (Å²) in [4.78, 5) is 13.9. The standard InChI is InChI=1S/C47H27N3O2/c1-2-13-29(14-3-1)45-48-46(50-47(49-45)36-21-11-23-41-44(36)35-19-8-9-22-39(35)51-41)30-24-25-40-38(26-30)43-34-18-7-6-17-33(34)37(27-42(43)52-40)32-20-10-15-28-12-4-5-16-31(28)32/h1-27H/i1D,2D,3D,4D,5D,8D,9D,10D,11D,12D,13D,14D,15D,16D,19D,20D,21D,22D,23D. The van der Waals surface area contributed by atoms with Gasteiger partial charge in [-0.25, -0.2) is 15.0 Å². The van der Waals surface area contributed by atoms with Crippen molar-refractivity contribution in [2.24, 2.45) is 0 Å². The Balaban J connectivity index is 1.22. The molecule has 0 N–H and O–H groups in total. The second kappa shape index (κ2) is 11.2. The first-order valence-electron chi connectivity index (χ1n) is 25.3. The summed E-state index contributed by atoms with van der Waals surface area (Å²) in [6.45, 7) is 0. The van der Waals surface area contributed by atoms with Crippen molar-refractivity contribution in [3.63, 3.8) is 0 Å². The van der Waals surface area contributed by atoms with Gasteiger partial charge in [-0.15, -0.1) is 0 Å². The van der Waals surface area contributed by atoms with Crippen LogP contribution in [0.25, 0.3) is 111 Å². The molecule has 0 aliphatic heterocycles. The number of furan rings is 2. The topological polar surface area (TPSA) is 65.0 Å². The molecule has 0 saturated heterocycles. The van der Waals surface area contributed by atoms with Crippen LogP contribution in [-0.2, 0) is 0 Å². The van der Waals surface area contributed by atoms with Crippen LogP contribution in [0.1, 0.15) is 26.0 Å². The first kappa shape index (κ1) is 15.8. The summed E-state index contributed by atoms with van der Waals surface area (Å²) in [6, 6.07) is 1.68. The molecule has 11 aromatic rings. The third-order valence-electron chi connectivity index (χ3n) is 8.85. The zero-order chi connectivity index (χ0) is 50.7. The van der Waals surface area contributed by atoms with Crippen molar-refractivity contribution in [2.75, 3.05) is 0 Å². The first-order valence-corrected chi connectivity index (χ1v) is 15.8. The Morgan fingerprint density at radius 3 is 1.96 bits per heavy atom. The van der Waals surface area contributed by atoms with E-state index in [1.807, 2.05) is 0 Å². The number of hydrogen-bond acceptors (Lipinski definition) is 5. The number of para-hydroxylation sites is 1. The van der Waals surface area contributed by atoms with Crippen molar-refractivity contribution in [3.8, 4) is 45.3 Å². The molecule has 8 aromatic carbocycles. The summed E-state index contributed by atoms with van der Waals surface area (Å²) in [5.74, 6) is -1.11. The molecule has 0 aliphatic carbocycles. The molecule has 0 saturated carbocycles. The molecule has 0 spiro atoms. The van der Waals surface area contributed by atoms with Gasteiger partial charge in [0.15, 0.2) is 17.5 Å². The lowest BCUT2D eigenvalue weighted by Gasteiger charge is -2.11. The van der Waals surface area contributed by atoms with Gasteiger partial charge in [0.05, 0.1) is 26.0 Å². The van der Waals surface area contributed by atoms with Crippen molar-refractivity contribution in [1.29, 1.82) is 0 Å². The van der Waals surface area contributed by atoms with Crippen LogP contribution in [0, 0.1) is 0 Å². The molecule has 3 heterocycles. The molecule has 52 heavy (non-hydrogen) atoms. The van der Waals surface area contributed by atoms with Gasteiger partial charge in [-0.05, 0) is 69.0 Å². The van der Waals surface area contributed by atoms with Crippen molar-refractivity contribution < 1.29 is 34.9 Å². The van der Waals surface area contributed by atoms with E-state index < -0.39 is 132 Å². The average Bonchev–Trinajstić information content (AvgIpc) is 3.95. The van der Waals surface area contributed by atoms with Crippen LogP contribution in [0.4, 0.5) is 0 Å². The molecule has 5 nitrogen and oxygen atoms in total. The van der Waals surface area contributed by atoms with Crippen LogP contribution in [0.15, 0.2) is 172 Å². The van der Waals surface area contributed by atoms with Gasteiger partial charge >= 0.3 is 0 Å². The van der Waals surface area contributed by atoms with E-state index >= 15 is 0 Å². The number of benzene rings is 8. The van der Waals surface area contributed by atoms with Crippen LogP contribution in [-0.4, -0.2) is 15.0 Å². The predicted octanol–water partition coefficient (Wildman–Crippen LogP) is 12.6. The lowest BCUT2D eigenvalue weighted by molar-refractivity contribution is 0.668. The quantitative estimate of drug-likeness (QED) is 0.185. The molecular formula is C47H27N3O2. The highest BCUT2D eigenvalue weighted by atomic mass is 16.3. The minimum Gasteiger partial charge on any atom is -0.456 e. The molecule has 0 aliphatic rings. The highest BCUT2D eigenvalue weighted by Crippen LogP contribution is 2.43. The van der Waals surface area contributed by atoms with Crippen LogP contribution >= 0.6 is 0 Å². The number of rotatable bonds is 4. The summed E-state index contributed by atoms with van der Waals surface area (Å²) in [7, 11) is 0. The van der Waals surface area contributed by atoms with E-state index in [1.54, 1.807) is 48.5 Å². The third-order valence-corrected chi connectivity index (χ3v) is 8.85. The Morgan fingerprint density at radius 1 is 0.385 bits per heavy atom. The molecule has 0 bridgehead atoms. The van der Waals surface area contributed by atoms with E-state index in [-0.39, 0.29) is 66.4 Å². The number of hydrogen-bond donors (Lipinski definition) is 0. The molecule has 11 rings (SSSR count). The van der Waals surface area contributed by atoms with Gasteiger partial charge < -0.3 is 8.83 Å². The zero-order valence-corrected chi connectivity index (χ0v) is 26.3. The average molecular weight is 685 g/mol. The maximum absolute atomic E-state index is 9.19. The molecule has 0 unspecified atom stereocenters. The highest BCUT2D eigenvalue weighted by molar-refractivity contribution is 6.23. The second-order valence-electron chi connectivity index (χ2n) is 11.7. The summed E-state index contributed by atoms with van der Waals surface area (Å²) < 4.78 is 177. The van der Waals surface area contributed by atoms with E-state index in [9.17, 15) is 1.37 Å².